The molecule has 3 rings (SSSR count). The number of amides is 1. The molecule has 0 unspecified atom stereocenters. The van der Waals surface area contributed by atoms with E-state index in [2.05, 4.69) is 10.2 Å². The lowest BCUT2D eigenvalue weighted by Crippen LogP contribution is -2.08. The van der Waals surface area contributed by atoms with Gasteiger partial charge in [0.15, 0.2) is 11.8 Å². The molecule has 1 atom stereocenters. The Morgan fingerprint density at radius 2 is 1.80 bits per heavy atom. The minimum Gasteiger partial charge on any atom is -0.493 e. The third-order valence-electron chi connectivity index (χ3n) is 3.96. The van der Waals surface area contributed by atoms with Gasteiger partial charge in [0.2, 0.25) is 5.88 Å². The molecule has 6 heteroatoms. The van der Waals surface area contributed by atoms with Crippen LogP contribution in [-0.2, 0) is 11.3 Å². The lowest BCUT2D eigenvalue weighted by atomic mass is 10.1. The maximum absolute atomic E-state index is 12.1. The molecule has 0 saturated carbocycles. The van der Waals surface area contributed by atoms with Gasteiger partial charge in [-0.05, 0) is 18.1 Å². The zero-order chi connectivity index (χ0) is 17.8. The number of aliphatic hydroxyl groups is 1. The highest BCUT2D eigenvalue weighted by molar-refractivity contribution is 5.95. The third kappa shape index (κ3) is 3.29. The topological polar surface area (TPSA) is 87.2 Å². The zero-order valence-corrected chi connectivity index (χ0v) is 13.8. The average molecular weight is 337 g/mol. The van der Waals surface area contributed by atoms with E-state index in [9.17, 15) is 15.0 Å². The standard InChI is InChI=1S/C19H19N3O3/c1-2-12-22-15-11-7-6-10-14(15)16(19(22)25)20-21-18(24)17(23)13-8-4-3-5-9-13/h3-11,17,23,25H,2,12H2,1H3/t17-/m1/s1. The first kappa shape index (κ1) is 16.9. The predicted octanol–water partition coefficient (Wildman–Crippen LogP) is 4.10. The van der Waals surface area contributed by atoms with Crippen LogP contribution in [0.25, 0.3) is 10.9 Å². The molecule has 3 aromatic rings. The molecule has 0 aliphatic heterocycles. The van der Waals surface area contributed by atoms with Crippen molar-refractivity contribution in [3.05, 3.63) is 60.2 Å². The first-order valence-corrected chi connectivity index (χ1v) is 8.12. The van der Waals surface area contributed by atoms with Crippen molar-refractivity contribution >= 4 is 22.5 Å². The van der Waals surface area contributed by atoms with Crippen LogP contribution >= 0.6 is 0 Å². The molecule has 0 aliphatic carbocycles. The Labute approximate surface area is 145 Å². The van der Waals surface area contributed by atoms with Gasteiger partial charge in [0, 0.05) is 11.9 Å². The van der Waals surface area contributed by atoms with E-state index in [1.54, 1.807) is 34.9 Å². The number of aryl methyl sites for hydroxylation is 1. The molecule has 0 spiro atoms. The summed E-state index contributed by atoms with van der Waals surface area (Å²) >= 11 is 0. The molecular weight excluding hydrogens is 318 g/mol. The first-order chi connectivity index (χ1) is 12.1. The SMILES string of the molecule is CCCn1c(O)c(N=NC(=O)[C@H](O)c2ccccc2)c2ccccc21. The molecule has 0 saturated heterocycles. The van der Waals surface area contributed by atoms with Crippen molar-refractivity contribution in [1.82, 2.24) is 4.57 Å². The summed E-state index contributed by atoms with van der Waals surface area (Å²) in [4.78, 5) is 12.1. The van der Waals surface area contributed by atoms with Crippen LogP contribution in [0.3, 0.4) is 0 Å². The molecule has 25 heavy (non-hydrogen) atoms. The molecule has 0 fully saturated rings. The number of azo groups is 1. The fourth-order valence-electron chi connectivity index (χ4n) is 2.75. The number of aromatic hydroxyl groups is 1. The number of carbonyl (C=O) groups excluding carboxylic acids is 1. The van der Waals surface area contributed by atoms with Crippen molar-refractivity contribution in [2.24, 2.45) is 10.2 Å². The van der Waals surface area contributed by atoms with Crippen LogP contribution < -0.4 is 0 Å². The van der Waals surface area contributed by atoms with Gasteiger partial charge in [-0.2, -0.15) is 0 Å². The van der Waals surface area contributed by atoms with Crippen molar-refractivity contribution in [2.75, 3.05) is 0 Å². The fourth-order valence-corrected chi connectivity index (χ4v) is 2.75. The van der Waals surface area contributed by atoms with Gasteiger partial charge in [0.25, 0.3) is 5.91 Å². The summed E-state index contributed by atoms with van der Waals surface area (Å²) in [5.41, 5.74) is 1.51. The molecule has 0 aliphatic rings. The maximum atomic E-state index is 12.1. The van der Waals surface area contributed by atoms with E-state index in [4.69, 9.17) is 0 Å². The highest BCUT2D eigenvalue weighted by Crippen LogP contribution is 2.39. The molecule has 2 N–H and O–H groups in total. The Hall–Kier alpha value is -2.99. The summed E-state index contributed by atoms with van der Waals surface area (Å²) in [6, 6.07) is 15.9. The van der Waals surface area contributed by atoms with Gasteiger partial charge in [-0.25, -0.2) is 0 Å². The molecule has 0 radical (unpaired) electrons. The molecule has 6 nitrogen and oxygen atoms in total. The number of benzene rings is 2. The molecule has 128 valence electrons. The van der Waals surface area contributed by atoms with Gasteiger partial charge in [-0.1, -0.05) is 55.5 Å². The molecule has 1 heterocycles. The second-order valence-corrected chi connectivity index (χ2v) is 5.69. The van der Waals surface area contributed by atoms with E-state index in [1.165, 1.54) is 0 Å². The van der Waals surface area contributed by atoms with Crippen LogP contribution in [-0.4, -0.2) is 20.7 Å². The highest BCUT2D eigenvalue weighted by Gasteiger charge is 2.19. The Morgan fingerprint density at radius 1 is 1.12 bits per heavy atom. The van der Waals surface area contributed by atoms with Gasteiger partial charge in [0.1, 0.15) is 0 Å². The van der Waals surface area contributed by atoms with E-state index in [1.807, 2.05) is 31.2 Å². The summed E-state index contributed by atoms with van der Waals surface area (Å²) in [6.07, 6.45) is -0.537. The van der Waals surface area contributed by atoms with Gasteiger partial charge in [-0.3, -0.25) is 4.79 Å². The lowest BCUT2D eigenvalue weighted by Gasteiger charge is -2.05. The van der Waals surface area contributed by atoms with Crippen LogP contribution in [0.4, 0.5) is 5.69 Å². The van der Waals surface area contributed by atoms with Crippen LogP contribution in [0.1, 0.15) is 25.0 Å². The second-order valence-electron chi connectivity index (χ2n) is 5.69. The summed E-state index contributed by atoms with van der Waals surface area (Å²) < 4.78 is 1.74. The molecule has 1 amide bonds. The Morgan fingerprint density at radius 3 is 2.52 bits per heavy atom. The smallest absolute Gasteiger partial charge is 0.297 e. The quantitative estimate of drug-likeness (QED) is 0.687. The Balaban J connectivity index is 1.93. The molecule has 2 aromatic carbocycles. The number of rotatable bonds is 5. The van der Waals surface area contributed by atoms with Crippen molar-refractivity contribution in [3.8, 4) is 5.88 Å². The van der Waals surface area contributed by atoms with E-state index < -0.39 is 12.0 Å². The normalized spacial score (nSPS) is 12.7. The number of fused-ring (bicyclic) bond motifs is 1. The fraction of sp³-hybridized carbons (Fsp3) is 0.211. The predicted molar refractivity (Wildman–Crippen MR) is 94.8 cm³/mol. The molecular formula is C19H19N3O3. The van der Waals surface area contributed by atoms with Gasteiger partial charge >= 0.3 is 0 Å². The van der Waals surface area contributed by atoms with Crippen LogP contribution in [0.2, 0.25) is 0 Å². The number of hydrogen-bond donors (Lipinski definition) is 2. The van der Waals surface area contributed by atoms with Crippen molar-refractivity contribution < 1.29 is 15.0 Å². The van der Waals surface area contributed by atoms with Crippen LogP contribution in [0.5, 0.6) is 5.88 Å². The van der Waals surface area contributed by atoms with E-state index in [0.717, 1.165) is 11.9 Å². The zero-order valence-electron chi connectivity index (χ0n) is 13.8. The van der Waals surface area contributed by atoms with E-state index in [0.29, 0.717) is 17.5 Å². The number of carbonyl (C=O) groups is 1. The van der Waals surface area contributed by atoms with Crippen LogP contribution in [0.15, 0.2) is 64.8 Å². The largest absolute Gasteiger partial charge is 0.493 e. The van der Waals surface area contributed by atoms with Crippen LogP contribution in [0, 0.1) is 0 Å². The molecule has 1 aromatic heterocycles. The number of aromatic nitrogens is 1. The second kappa shape index (κ2) is 7.27. The van der Waals surface area contributed by atoms with Gasteiger partial charge in [0.05, 0.1) is 5.52 Å². The number of nitrogens with zero attached hydrogens (tertiary/aromatic N) is 3. The summed E-state index contributed by atoms with van der Waals surface area (Å²) in [7, 11) is 0. The highest BCUT2D eigenvalue weighted by atomic mass is 16.3. The van der Waals surface area contributed by atoms with Crippen molar-refractivity contribution in [2.45, 2.75) is 26.0 Å². The monoisotopic (exact) mass is 337 g/mol. The minimum absolute atomic E-state index is 0.0335. The first-order valence-electron chi connectivity index (χ1n) is 8.12. The summed E-state index contributed by atoms with van der Waals surface area (Å²) in [6.45, 7) is 2.64. The number of aliphatic hydroxyl groups excluding tert-OH is 1. The summed E-state index contributed by atoms with van der Waals surface area (Å²) in [5.74, 6) is -0.813. The number of hydrogen-bond acceptors (Lipinski definition) is 4. The van der Waals surface area contributed by atoms with E-state index in [-0.39, 0.29) is 11.6 Å². The Bertz CT molecular complexity index is 916. The van der Waals surface area contributed by atoms with E-state index >= 15 is 0 Å². The minimum atomic E-state index is -1.38. The lowest BCUT2D eigenvalue weighted by molar-refractivity contribution is -0.126. The van der Waals surface area contributed by atoms with Gasteiger partial charge < -0.3 is 14.8 Å². The average Bonchev–Trinajstić information content (AvgIpc) is 2.92. The molecule has 0 bridgehead atoms. The summed E-state index contributed by atoms with van der Waals surface area (Å²) in [5, 5.41) is 28.8. The van der Waals surface area contributed by atoms with Gasteiger partial charge in [-0.15, -0.1) is 10.2 Å². The maximum Gasteiger partial charge on any atom is 0.297 e. The van der Waals surface area contributed by atoms with Crippen molar-refractivity contribution in [3.63, 3.8) is 0 Å². The Kier molecular flexibility index (Phi) is 4.90. The van der Waals surface area contributed by atoms with Crippen molar-refractivity contribution in [1.29, 1.82) is 0 Å². The number of para-hydroxylation sites is 1. The third-order valence-corrected chi connectivity index (χ3v) is 3.96.